The molecule has 3 rings (SSSR count). The quantitative estimate of drug-likeness (QED) is 0.853. The Balaban J connectivity index is 1.69. The van der Waals surface area contributed by atoms with Crippen molar-refractivity contribution in [1.82, 2.24) is 4.90 Å². The van der Waals surface area contributed by atoms with Crippen molar-refractivity contribution in [2.24, 2.45) is 0 Å². The van der Waals surface area contributed by atoms with E-state index < -0.39 is 0 Å². The molecule has 0 unspecified atom stereocenters. The number of ether oxygens (including phenoxy) is 2. The summed E-state index contributed by atoms with van der Waals surface area (Å²) in [5.41, 5.74) is 0.568. The minimum absolute atomic E-state index is 0.00815. The third-order valence-electron chi connectivity index (χ3n) is 4.24. The molecule has 1 N–H and O–H groups in total. The fourth-order valence-electron chi connectivity index (χ4n) is 2.88. The van der Waals surface area contributed by atoms with Crippen LogP contribution in [0.3, 0.4) is 0 Å². The first-order valence-electron chi connectivity index (χ1n) is 7.96. The highest BCUT2D eigenvalue weighted by atomic mass is 16.5. The number of hydrogen-bond donors (Lipinski definition) is 0. The van der Waals surface area contributed by atoms with Gasteiger partial charge in [0.1, 0.15) is 24.6 Å². The summed E-state index contributed by atoms with van der Waals surface area (Å²) in [5, 5.41) is 0. The number of carbonyl (C=O) groups excluding carboxylic acids is 1. The highest BCUT2D eigenvalue weighted by molar-refractivity contribution is 5.97. The number of nitrogens with one attached hydrogen (secondary N) is 1. The summed E-state index contributed by atoms with van der Waals surface area (Å²) in [6.07, 6.45) is 1.91. The largest absolute Gasteiger partial charge is 0.497 e. The van der Waals surface area contributed by atoms with Crippen LogP contribution in [-0.2, 0) is 0 Å². The molecule has 6 heteroatoms. The maximum atomic E-state index is 12.8. The molecular formula is C18H22N3O3+. The second-order valence-electron chi connectivity index (χ2n) is 5.59. The fourth-order valence-corrected chi connectivity index (χ4v) is 2.88. The molecule has 1 aromatic heterocycles. The summed E-state index contributed by atoms with van der Waals surface area (Å²) in [5.74, 6) is 2.28. The van der Waals surface area contributed by atoms with Crippen molar-refractivity contribution >= 4 is 11.7 Å². The Kier molecular flexibility index (Phi) is 4.84. The lowest BCUT2D eigenvalue weighted by Crippen LogP contribution is -2.50. The number of nitrogens with zero attached hydrogens (tertiary/aromatic N) is 2. The third-order valence-corrected chi connectivity index (χ3v) is 4.24. The standard InChI is InChI=1S/C18H21N3O3/c1-23-14-6-7-15(16(13-14)24-2)18(22)21-11-9-20(10-12-21)17-5-3-4-8-19-17/h3-8,13H,9-12H2,1-2H3/p+1. The van der Waals surface area contributed by atoms with Gasteiger partial charge in [-0.3, -0.25) is 9.69 Å². The van der Waals surface area contributed by atoms with Gasteiger partial charge in [-0.2, -0.15) is 0 Å². The molecule has 1 aliphatic rings. The van der Waals surface area contributed by atoms with Crippen LogP contribution in [0.5, 0.6) is 11.5 Å². The minimum atomic E-state index is -0.00815. The Morgan fingerprint density at radius 1 is 1.04 bits per heavy atom. The van der Waals surface area contributed by atoms with Crippen LogP contribution in [0.4, 0.5) is 5.82 Å². The number of pyridine rings is 1. The van der Waals surface area contributed by atoms with Gasteiger partial charge in [0, 0.05) is 12.1 Å². The van der Waals surface area contributed by atoms with Gasteiger partial charge in [0.25, 0.3) is 11.7 Å². The van der Waals surface area contributed by atoms with Crippen LogP contribution in [0.2, 0.25) is 0 Å². The Morgan fingerprint density at radius 3 is 2.46 bits per heavy atom. The van der Waals surface area contributed by atoms with Crippen molar-refractivity contribution in [2.75, 3.05) is 45.3 Å². The van der Waals surface area contributed by atoms with E-state index in [0.717, 1.165) is 18.9 Å². The summed E-state index contributed by atoms with van der Waals surface area (Å²) in [7, 11) is 3.16. The third kappa shape index (κ3) is 3.27. The van der Waals surface area contributed by atoms with Crippen LogP contribution in [0.25, 0.3) is 0 Å². The van der Waals surface area contributed by atoms with Crippen molar-refractivity contribution in [2.45, 2.75) is 0 Å². The molecule has 126 valence electrons. The van der Waals surface area contributed by atoms with E-state index in [1.54, 1.807) is 32.4 Å². The van der Waals surface area contributed by atoms with Crippen molar-refractivity contribution in [3.8, 4) is 11.5 Å². The zero-order chi connectivity index (χ0) is 16.9. The summed E-state index contributed by atoms with van der Waals surface area (Å²) in [6, 6.07) is 11.3. The van der Waals surface area contributed by atoms with Crippen molar-refractivity contribution < 1.29 is 19.3 Å². The second-order valence-corrected chi connectivity index (χ2v) is 5.59. The number of rotatable bonds is 4. The number of aromatic nitrogens is 1. The Labute approximate surface area is 141 Å². The van der Waals surface area contributed by atoms with Crippen LogP contribution in [0.15, 0.2) is 42.6 Å². The summed E-state index contributed by atoms with van der Waals surface area (Å²) in [4.78, 5) is 20.1. The number of benzene rings is 1. The molecule has 6 nitrogen and oxygen atoms in total. The fraction of sp³-hybridized carbons (Fsp3) is 0.333. The van der Waals surface area contributed by atoms with Gasteiger partial charge in [-0.05, 0) is 18.2 Å². The van der Waals surface area contributed by atoms with Crippen molar-refractivity contribution in [3.05, 3.63) is 48.2 Å². The van der Waals surface area contributed by atoms with Gasteiger partial charge in [-0.1, -0.05) is 6.07 Å². The molecule has 1 saturated heterocycles. The molecule has 24 heavy (non-hydrogen) atoms. The first-order valence-corrected chi connectivity index (χ1v) is 7.96. The Morgan fingerprint density at radius 2 is 1.83 bits per heavy atom. The predicted molar refractivity (Wildman–Crippen MR) is 90.7 cm³/mol. The molecule has 2 aromatic rings. The molecular weight excluding hydrogens is 306 g/mol. The molecule has 0 aliphatic carbocycles. The molecule has 0 atom stereocenters. The molecule has 0 bridgehead atoms. The molecule has 0 saturated carbocycles. The lowest BCUT2D eigenvalue weighted by molar-refractivity contribution is -0.364. The molecule has 1 aliphatic heterocycles. The average Bonchev–Trinajstić information content (AvgIpc) is 2.67. The smallest absolute Gasteiger partial charge is 0.274 e. The number of methoxy groups -OCH3 is 2. The first-order chi connectivity index (χ1) is 11.7. The number of H-pyrrole nitrogens is 1. The lowest BCUT2D eigenvalue weighted by Gasteiger charge is -2.31. The maximum Gasteiger partial charge on any atom is 0.274 e. The molecule has 1 aromatic carbocycles. The summed E-state index contributed by atoms with van der Waals surface area (Å²) < 4.78 is 10.5. The van der Waals surface area contributed by atoms with Crippen molar-refractivity contribution in [1.29, 1.82) is 0 Å². The van der Waals surface area contributed by atoms with Gasteiger partial charge in [-0.25, -0.2) is 4.98 Å². The predicted octanol–water partition coefficient (Wildman–Crippen LogP) is 1.48. The molecule has 0 spiro atoms. The highest BCUT2D eigenvalue weighted by Crippen LogP contribution is 2.26. The van der Waals surface area contributed by atoms with E-state index >= 15 is 0 Å². The zero-order valence-electron chi connectivity index (χ0n) is 14.0. The Hall–Kier alpha value is -2.76. The van der Waals surface area contributed by atoms with Gasteiger partial charge in [0.15, 0.2) is 0 Å². The average molecular weight is 328 g/mol. The topological polar surface area (TPSA) is 56.2 Å². The number of carbonyl (C=O) groups is 1. The monoisotopic (exact) mass is 328 g/mol. The summed E-state index contributed by atoms with van der Waals surface area (Å²) >= 11 is 0. The SMILES string of the molecule is COc1ccc(C(=O)N2CCN(c3cccc[nH+]3)CC2)c(OC)c1. The van der Waals surface area contributed by atoms with E-state index in [0.29, 0.717) is 30.2 Å². The number of amides is 1. The van der Waals surface area contributed by atoms with Crippen molar-refractivity contribution in [3.63, 3.8) is 0 Å². The molecule has 1 amide bonds. The molecule has 2 heterocycles. The van der Waals surface area contributed by atoms with E-state index in [2.05, 4.69) is 9.88 Å². The number of aromatic amines is 1. The lowest BCUT2D eigenvalue weighted by atomic mass is 10.1. The molecule has 1 fully saturated rings. The van der Waals surface area contributed by atoms with Gasteiger partial charge < -0.3 is 14.4 Å². The van der Waals surface area contributed by atoms with Gasteiger partial charge in [-0.15, -0.1) is 0 Å². The highest BCUT2D eigenvalue weighted by Gasteiger charge is 2.28. The summed E-state index contributed by atoms with van der Waals surface area (Å²) in [6.45, 7) is 2.95. The minimum Gasteiger partial charge on any atom is -0.497 e. The van der Waals surface area contributed by atoms with Gasteiger partial charge >= 0.3 is 0 Å². The molecule has 0 radical (unpaired) electrons. The number of anilines is 1. The normalized spacial score (nSPS) is 14.4. The van der Waals surface area contributed by atoms with E-state index in [9.17, 15) is 4.79 Å². The van der Waals surface area contributed by atoms with Crippen LogP contribution < -0.4 is 19.4 Å². The van der Waals surface area contributed by atoms with E-state index in [1.807, 2.05) is 29.3 Å². The van der Waals surface area contributed by atoms with Crippen LogP contribution in [-0.4, -0.2) is 51.2 Å². The van der Waals surface area contributed by atoms with E-state index in [4.69, 9.17) is 9.47 Å². The van der Waals surface area contributed by atoms with E-state index in [-0.39, 0.29) is 5.91 Å². The van der Waals surface area contributed by atoms with E-state index in [1.165, 1.54) is 0 Å². The second kappa shape index (κ2) is 7.21. The maximum absolute atomic E-state index is 12.8. The van der Waals surface area contributed by atoms with Crippen LogP contribution in [0, 0.1) is 0 Å². The first kappa shape index (κ1) is 16.1. The van der Waals surface area contributed by atoms with Crippen LogP contribution in [0.1, 0.15) is 10.4 Å². The number of hydrogen-bond acceptors (Lipinski definition) is 4. The van der Waals surface area contributed by atoms with Gasteiger partial charge in [0.05, 0.1) is 39.1 Å². The number of piperazine rings is 1. The van der Waals surface area contributed by atoms with Crippen LogP contribution >= 0.6 is 0 Å². The Bertz CT molecular complexity index is 698. The zero-order valence-corrected chi connectivity index (χ0v) is 14.0. The van der Waals surface area contributed by atoms with Gasteiger partial charge in [0.2, 0.25) is 0 Å².